The van der Waals surface area contributed by atoms with Crippen LogP contribution in [0.1, 0.15) is 18.4 Å². The smallest absolute Gasteiger partial charge is 0.139 e. The number of oxime groups is 1. The Morgan fingerprint density at radius 3 is 2.78 bits per heavy atom. The van der Waals surface area contributed by atoms with Crippen LogP contribution in [0, 0.1) is 6.92 Å². The fourth-order valence-corrected chi connectivity index (χ4v) is 1.75. The number of nitrogens with zero attached hydrogens (tertiary/aromatic N) is 2. The summed E-state index contributed by atoms with van der Waals surface area (Å²) >= 11 is 0. The predicted molar refractivity (Wildman–Crippen MR) is 76.6 cm³/mol. The molecule has 0 bridgehead atoms. The SMILES string of the molecule is Cc1ccc(NCCC/C(N)=N/O)cc1N(C)C. The van der Waals surface area contributed by atoms with Crippen LogP contribution >= 0.6 is 0 Å². The van der Waals surface area contributed by atoms with E-state index in [2.05, 4.69) is 40.5 Å². The molecule has 4 N–H and O–H groups in total. The molecule has 0 spiro atoms. The van der Waals surface area contributed by atoms with Crippen LogP contribution in [0.4, 0.5) is 11.4 Å². The van der Waals surface area contributed by atoms with E-state index < -0.39 is 0 Å². The van der Waals surface area contributed by atoms with Crippen molar-refractivity contribution in [3.63, 3.8) is 0 Å². The van der Waals surface area contributed by atoms with Crippen molar-refractivity contribution in [1.29, 1.82) is 0 Å². The molecule has 5 nitrogen and oxygen atoms in total. The van der Waals surface area contributed by atoms with Crippen molar-refractivity contribution >= 4 is 17.2 Å². The summed E-state index contributed by atoms with van der Waals surface area (Å²) in [5.41, 5.74) is 8.95. The Bertz CT molecular complexity index is 415. The van der Waals surface area contributed by atoms with E-state index in [-0.39, 0.29) is 5.84 Å². The van der Waals surface area contributed by atoms with E-state index in [9.17, 15) is 0 Å². The number of benzene rings is 1. The van der Waals surface area contributed by atoms with Crippen molar-refractivity contribution in [2.45, 2.75) is 19.8 Å². The standard InChI is InChI=1S/C13H22N4O/c1-10-6-7-11(9-12(10)17(2)3)15-8-4-5-13(14)16-18/h6-7,9,15,18H,4-5,8H2,1-3H3,(H2,14,16). The number of amidine groups is 1. The van der Waals surface area contributed by atoms with Crippen LogP contribution in [0.3, 0.4) is 0 Å². The van der Waals surface area contributed by atoms with Gasteiger partial charge in [-0.3, -0.25) is 0 Å². The second kappa shape index (κ2) is 6.74. The molecule has 1 aromatic carbocycles. The second-order valence-electron chi connectivity index (χ2n) is 4.52. The van der Waals surface area contributed by atoms with Crippen LogP contribution in [0.5, 0.6) is 0 Å². The Morgan fingerprint density at radius 2 is 2.17 bits per heavy atom. The van der Waals surface area contributed by atoms with Crippen LogP contribution in [-0.2, 0) is 0 Å². The van der Waals surface area contributed by atoms with Crippen molar-refractivity contribution in [2.24, 2.45) is 10.9 Å². The van der Waals surface area contributed by atoms with Gasteiger partial charge in [-0.25, -0.2) is 0 Å². The van der Waals surface area contributed by atoms with Crippen LogP contribution in [-0.4, -0.2) is 31.7 Å². The molecule has 0 amide bonds. The molecule has 0 saturated carbocycles. The summed E-state index contributed by atoms with van der Waals surface area (Å²) in [4.78, 5) is 2.09. The Kier molecular flexibility index (Phi) is 5.30. The van der Waals surface area contributed by atoms with Crippen molar-refractivity contribution in [2.75, 3.05) is 30.9 Å². The van der Waals surface area contributed by atoms with Gasteiger partial charge in [0.25, 0.3) is 0 Å². The van der Waals surface area contributed by atoms with Crippen molar-refractivity contribution in [3.05, 3.63) is 23.8 Å². The highest BCUT2D eigenvalue weighted by Gasteiger charge is 2.02. The van der Waals surface area contributed by atoms with Crippen molar-refractivity contribution in [1.82, 2.24) is 0 Å². The molecule has 0 saturated heterocycles. The van der Waals surface area contributed by atoms with Gasteiger partial charge in [0.15, 0.2) is 0 Å². The zero-order chi connectivity index (χ0) is 13.5. The minimum Gasteiger partial charge on any atom is -0.409 e. The molecule has 0 radical (unpaired) electrons. The van der Waals surface area contributed by atoms with Gasteiger partial charge >= 0.3 is 0 Å². The summed E-state index contributed by atoms with van der Waals surface area (Å²) in [6.45, 7) is 2.89. The molecule has 1 rings (SSSR count). The Balaban J connectivity index is 2.50. The van der Waals surface area contributed by atoms with E-state index in [1.165, 1.54) is 11.3 Å². The van der Waals surface area contributed by atoms with E-state index in [0.29, 0.717) is 6.42 Å². The number of aryl methyl sites for hydroxylation is 1. The molecule has 1 aromatic rings. The second-order valence-corrected chi connectivity index (χ2v) is 4.52. The van der Waals surface area contributed by atoms with E-state index in [1.54, 1.807) is 0 Å². The van der Waals surface area contributed by atoms with Gasteiger partial charge in [0, 0.05) is 38.4 Å². The topological polar surface area (TPSA) is 73.9 Å². The lowest BCUT2D eigenvalue weighted by Crippen LogP contribution is -2.14. The van der Waals surface area contributed by atoms with Gasteiger partial charge in [0.2, 0.25) is 0 Å². The van der Waals surface area contributed by atoms with Gasteiger partial charge in [-0.2, -0.15) is 0 Å². The fraction of sp³-hybridized carbons (Fsp3) is 0.462. The number of hydrogen-bond acceptors (Lipinski definition) is 4. The Labute approximate surface area is 108 Å². The van der Waals surface area contributed by atoms with Gasteiger partial charge in [0.05, 0.1) is 0 Å². The quantitative estimate of drug-likeness (QED) is 0.237. The zero-order valence-corrected chi connectivity index (χ0v) is 11.3. The average Bonchev–Trinajstić information content (AvgIpc) is 2.35. The van der Waals surface area contributed by atoms with Gasteiger partial charge in [-0.05, 0) is 31.0 Å². The van der Waals surface area contributed by atoms with E-state index >= 15 is 0 Å². The molecule has 0 fully saturated rings. The lowest BCUT2D eigenvalue weighted by molar-refractivity contribution is 0.316. The predicted octanol–water partition coefficient (Wildman–Crippen LogP) is 2.00. The molecule has 5 heteroatoms. The minimum atomic E-state index is 0.273. The Morgan fingerprint density at radius 1 is 1.44 bits per heavy atom. The van der Waals surface area contributed by atoms with Crippen molar-refractivity contribution in [3.8, 4) is 0 Å². The molecular formula is C13H22N4O. The molecule has 0 aliphatic heterocycles. The number of rotatable bonds is 6. The monoisotopic (exact) mass is 250 g/mol. The number of anilines is 2. The van der Waals surface area contributed by atoms with Crippen LogP contribution in [0.15, 0.2) is 23.4 Å². The summed E-state index contributed by atoms with van der Waals surface area (Å²) in [7, 11) is 4.06. The highest BCUT2D eigenvalue weighted by atomic mass is 16.4. The summed E-state index contributed by atoms with van der Waals surface area (Å²) < 4.78 is 0. The molecule has 0 atom stereocenters. The molecule has 0 aliphatic carbocycles. The molecule has 100 valence electrons. The molecule has 0 unspecified atom stereocenters. The first-order valence-corrected chi connectivity index (χ1v) is 6.03. The average molecular weight is 250 g/mol. The first-order valence-electron chi connectivity index (χ1n) is 6.03. The van der Waals surface area contributed by atoms with Gasteiger partial charge in [-0.15, -0.1) is 0 Å². The zero-order valence-electron chi connectivity index (χ0n) is 11.3. The fourth-order valence-electron chi connectivity index (χ4n) is 1.75. The normalized spacial score (nSPS) is 11.4. The summed E-state index contributed by atoms with van der Waals surface area (Å²) in [6, 6.07) is 6.28. The van der Waals surface area contributed by atoms with Crippen LogP contribution in [0.25, 0.3) is 0 Å². The minimum absolute atomic E-state index is 0.273. The highest BCUT2D eigenvalue weighted by molar-refractivity contribution is 5.79. The Hall–Kier alpha value is -1.91. The third kappa shape index (κ3) is 4.16. The first kappa shape index (κ1) is 14.2. The van der Waals surface area contributed by atoms with Crippen molar-refractivity contribution < 1.29 is 5.21 Å². The number of hydrogen-bond donors (Lipinski definition) is 3. The maximum atomic E-state index is 8.42. The van der Waals surface area contributed by atoms with E-state index in [4.69, 9.17) is 10.9 Å². The van der Waals surface area contributed by atoms with Gasteiger partial charge in [0.1, 0.15) is 5.84 Å². The lowest BCUT2D eigenvalue weighted by atomic mass is 10.1. The van der Waals surface area contributed by atoms with E-state index in [0.717, 1.165) is 18.7 Å². The molecule has 18 heavy (non-hydrogen) atoms. The molecule has 0 aromatic heterocycles. The van der Waals surface area contributed by atoms with Gasteiger partial charge < -0.3 is 21.2 Å². The van der Waals surface area contributed by atoms with E-state index in [1.807, 2.05) is 14.1 Å². The number of nitrogens with one attached hydrogen (secondary N) is 1. The largest absolute Gasteiger partial charge is 0.409 e. The lowest BCUT2D eigenvalue weighted by Gasteiger charge is -2.17. The highest BCUT2D eigenvalue weighted by Crippen LogP contribution is 2.22. The first-order chi connectivity index (χ1) is 8.54. The maximum Gasteiger partial charge on any atom is 0.139 e. The molecule has 0 heterocycles. The summed E-state index contributed by atoms with van der Waals surface area (Å²) in [5, 5.41) is 14.7. The summed E-state index contributed by atoms with van der Waals surface area (Å²) in [5.74, 6) is 0.273. The maximum absolute atomic E-state index is 8.42. The van der Waals surface area contributed by atoms with Crippen LogP contribution in [0.2, 0.25) is 0 Å². The number of nitrogens with two attached hydrogens (primary N) is 1. The molecular weight excluding hydrogens is 228 g/mol. The third-order valence-corrected chi connectivity index (χ3v) is 2.76. The van der Waals surface area contributed by atoms with Gasteiger partial charge in [-0.1, -0.05) is 11.2 Å². The van der Waals surface area contributed by atoms with Crippen LogP contribution < -0.4 is 16.0 Å². The third-order valence-electron chi connectivity index (χ3n) is 2.76. The molecule has 0 aliphatic rings. The summed E-state index contributed by atoms with van der Waals surface area (Å²) in [6.07, 6.45) is 1.43.